The highest BCUT2D eigenvalue weighted by Gasteiger charge is 2.20. The SMILES string of the molecule is C=CCOC(=O)[C@H](C)OC(=O)C(C)C. The number of carbonyl (C=O) groups is 2. The Labute approximate surface area is 83.9 Å². The van der Waals surface area contributed by atoms with Crippen molar-refractivity contribution in [1.29, 1.82) is 0 Å². The summed E-state index contributed by atoms with van der Waals surface area (Å²) in [5, 5.41) is 0. The van der Waals surface area contributed by atoms with Crippen LogP contribution >= 0.6 is 0 Å². The van der Waals surface area contributed by atoms with E-state index in [1.165, 1.54) is 13.0 Å². The molecule has 0 aliphatic carbocycles. The summed E-state index contributed by atoms with van der Waals surface area (Å²) in [4.78, 5) is 22.2. The highest BCUT2D eigenvalue weighted by molar-refractivity contribution is 5.79. The Kier molecular flexibility index (Phi) is 5.60. The first-order chi connectivity index (χ1) is 6.49. The molecule has 0 spiro atoms. The average molecular weight is 200 g/mol. The van der Waals surface area contributed by atoms with Crippen LogP contribution in [0.4, 0.5) is 0 Å². The van der Waals surface area contributed by atoms with E-state index in [1.807, 2.05) is 0 Å². The molecule has 4 heteroatoms. The molecule has 0 N–H and O–H groups in total. The van der Waals surface area contributed by atoms with Gasteiger partial charge in [0.25, 0.3) is 0 Å². The van der Waals surface area contributed by atoms with Gasteiger partial charge in [0.15, 0.2) is 6.10 Å². The van der Waals surface area contributed by atoms with Gasteiger partial charge in [-0.05, 0) is 6.92 Å². The summed E-state index contributed by atoms with van der Waals surface area (Å²) in [6.45, 7) is 8.40. The van der Waals surface area contributed by atoms with E-state index in [-0.39, 0.29) is 12.5 Å². The molecule has 0 saturated carbocycles. The van der Waals surface area contributed by atoms with E-state index in [0.717, 1.165) is 0 Å². The molecule has 0 aromatic rings. The van der Waals surface area contributed by atoms with Crippen molar-refractivity contribution in [2.24, 2.45) is 5.92 Å². The average Bonchev–Trinajstić information content (AvgIpc) is 2.13. The molecule has 14 heavy (non-hydrogen) atoms. The number of carbonyl (C=O) groups excluding carboxylic acids is 2. The summed E-state index contributed by atoms with van der Waals surface area (Å²) < 4.78 is 9.52. The van der Waals surface area contributed by atoms with Gasteiger partial charge in [-0.2, -0.15) is 0 Å². The molecule has 0 aliphatic rings. The van der Waals surface area contributed by atoms with Crippen molar-refractivity contribution in [3.8, 4) is 0 Å². The maximum Gasteiger partial charge on any atom is 0.347 e. The van der Waals surface area contributed by atoms with Crippen LogP contribution in [0.1, 0.15) is 20.8 Å². The third-order valence-electron chi connectivity index (χ3n) is 1.44. The second-order valence-electron chi connectivity index (χ2n) is 3.15. The summed E-state index contributed by atoms with van der Waals surface area (Å²) in [6.07, 6.45) is 0.597. The quantitative estimate of drug-likeness (QED) is 0.496. The third-order valence-corrected chi connectivity index (χ3v) is 1.44. The molecule has 80 valence electrons. The lowest BCUT2D eigenvalue weighted by Crippen LogP contribution is -2.28. The summed E-state index contributed by atoms with van der Waals surface area (Å²) >= 11 is 0. The smallest absolute Gasteiger partial charge is 0.347 e. The number of hydrogen-bond donors (Lipinski definition) is 0. The molecule has 1 atom stereocenters. The van der Waals surface area contributed by atoms with Gasteiger partial charge in [0.1, 0.15) is 6.61 Å². The maximum absolute atomic E-state index is 11.1. The van der Waals surface area contributed by atoms with Crippen LogP contribution < -0.4 is 0 Å². The van der Waals surface area contributed by atoms with Gasteiger partial charge in [0.05, 0.1) is 5.92 Å². The van der Waals surface area contributed by atoms with Gasteiger partial charge in [-0.1, -0.05) is 26.5 Å². The van der Waals surface area contributed by atoms with Gasteiger partial charge in [-0.25, -0.2) is 4.79 Å². The van der Waals surface area contributed by atoms with E-state index < -0.39 is 18.0 Å². The van der Waals surface area contributed by atoms with Crippen molar-refractivity contribution < 1.29 is 19.1 Å². The minimum atomic E-state index is -0.857. The topological polar surface area (TPSA) is 52.6 Å². The number of esters is 2. The van der Waals surface area contributed by atoms with Crippen LogP contribution in [0, 0.1) is 5.92 Å². The molecule has 0 bridgehead atoms. The fraction of sp³-hybridized carbons (Fsp3) is 0.600. The van der Waals surface area contributed by atoms with Crippen LogP contribution in [0.15, 0.2) is 12.7 Å². The molecule has 0 saturated heterocycles. The predicted molar refractivity (Wildman–Crippen MR) is 51.5 cm³/mol. The van der Waals surface area contributed by atoms with Crippen molar-refractivity contribution in [3.63, 3.8) is 0 Å². The molecule has 0 aromatic heterocycles. The molecule has 0 aliphatic heterocycles. The first kappa shape index (κ1) is 12.7. The van der Waals surface area contributed by atoms with E-state index in [2.05, 4.69) is 6.58 Å². The summed E-state index contributed by atoms with van der Waals surface area (Å²) in [5.74, 6) is -1.21. The van der Waals surface area contributed by atoms with Gasteiger partial charge < -0.3 is 9.47 Å². The number of hydrogen-bond acceptors (Lipinski definition) is 4. The van der Waals surface area contributed by atoms with Crippen LogP contribution in [0.2, 0.25) is 0 Å². The van der Waals surface area contributed by atoms with E-state index in [9.17, 15) is 9.59 Å². The Morgan fingerprint density at radius 1 is 1.29 bits per heavy atom. The van der Waals surface area contributed by atoms with E-state index >= 15 is 0 Å². The van der Waals surface area contributed by atoms with Crippen molar-refractivity contribution in [3.05, 3.63) is 12.7 Å². The minimum absolute atomic E-state index is 0.127. The van der Waals surface area contributed by atoms with Gasteiger partial charge in [-0.15, -0.1) is 0 Å². The molecule has 0 amide bonds. The Bertz CT molecular complexity index is 220. The maximum atomic E-state index is 11.1. The zero-order chi connectivity index (χ0) is 11.1. The third kappa shape index (κ3) is 4.64. The molecule has 0 heterocycles. The van der Waals surface area contributed by atoms with Gasteiger partial charge in [0, 0.05) is 0 Å². The zero-order valence-corrected chi connectivity index (χ0v) is 8.78. The highest BCUT2D eigenvalue weighted by Crippen LogP contribution is 2.02. The van der Waals surface area contributed by atoms with Crippen molar-refractivity contribution in [2.45, 2.75) is 26.9 Å². The monoisotopic (exact) mass is 200 g/mol. The van der Waals surface area contributed by atoms with Crippen molar-refractivity contribution >= 4 is 11.9 Å². The fourth-order valence-corrected chi connectivity index (χ4v) is 0.617. The normalized spacial score (nSPS) is 12.0. The molecule has 0 radical (unpaired) electrons. The predicted octanol–water partition coefficient (Wildman–Crippen LogP) is 1.30. The summed E-state index contributed by atoms with van der Waals surface area (Å²) in [6, 6.07) is 0. The van der Waals surface area contributed by atoms with Crippen LogP contribution in [-0.4, -0.2) is 24.6 Å². The Balaban J connectivity index is 3.94. The lowest BCUT2D eigenvalue weighted by molar-refractivity contribution is -0.167. The van der Waals surface area contributed by atoms with Crippen molar-refractivity contribution in [1.82, 2.24) is 0 Å². The minimum Gasteiger partial charge on any atom is -0.459 e. The van der Waals surface area contributed by atoms with E-state index in [4.69, 9.17) is 9.47 Å². The van der Waals surface area contributed by atoms with Gasteiger partial charge >= 0.3 is 11.9 Å². The highest BCUT2D eigenvalue weighted by atomic mass is 16.6. The molecule has 0 rings (SSSR count). The van der Waals surface area contributed by atoms with Crippen LogP contribution in [0.5, 0.6) is 0 Å². The molecule has 4 nitrogen and oxygen atoms in total. The molecule has 0 unspecified atom stereocenters. The van der Waals surface area contributed by atoms with E-state index in [0.29, 0.717) is 0 Å². The van der Waals surface area contributed by atoms with E-state index in [1.54, 1.807) is 13.8 Å². The van der Waals surface area contributed by atoms with Crippen LogP contribution in [0.25, 0.3) is 0 Å². The number of rotatable bonds is 5. The molecular formula is C10H16O4. The standard InChI is InChI=1S/C10H16O4/c1-5-6-13-10(12)8(4)14-9(11)7(2)3/h5,7-8H,1,6H2,2-4H3/t8-/m0/s1. The lowest BCUT2D eigenvalue weighted by Gasteiger charge is -2.13. The number of ether oxygens (including phenoxy) is 2. The largest absolute Gasteiger partial charge is 0.459 e. The van der Waals surface area contributed by atoms with Crippen molar-refractivity contribution in [2.75, 3.05) is 6.61 Å². The first-order valence-corrected chi connectivity index (χ1v) is 4.47. The second-order valence-corrected chi connectivity index (χ2v) is 3.15. The second kappa shape index (κ2) is 6.18. The van der Waals surface area contributed by atoms with Gasteiger partial charge in [-0.3, -0.25) is 4.79 Å². The molecular weight excluding hydrogens is 184 g/mol. The summed E-state index contributed by atoms with van der Waals surface area (Å²) in [7, 11) is 0. The molecule has 0 fully saturated rings. The lowest BCUT2D eigenvalue weighted by atomic mass is 10.2. The van der Waals surface area contributed by atoms with Crippen LogP contribution in [0.3, 0.4) is 0 Å². The Morgan fingerprint density at radius 2 is 1.86 bits per heavy atom. The summed E-state index contributed by atoms with van der Waals surface area (Å²) in [5.41, 5.74) is 0. The zero-order valence-electron chi connectivity index (χ0n) is 8.78. The Morgan fingerprint density at radius 3 is 2.29 bits per heavy atom. The molecule has 0 aromatic carbocycles. The van der Waals surface area contributed by atoms with Crippen LogP contribution in [-0.2, 0) is 19.1 Å². The first-order valence-electron chi connectivity index (χ1n) is 4.47. The fourth-order valence-electron chi connectivity index (χ4n) is 0.617. The Hall–Kier alpha value is -1.32. The van der Waals surface area contributed by atoms with Gasteiger partial charge in [0.2, 0.25) is 0 Å².